The van der Waals surface area contributed by atoms with Crippen molar-refractivity contribution in [3.63, 3.8) is 0 Å². The monoisotopic (exact) mass is 214 g/mol. The lowest BCUT2D eigenvalue weighted by Gasteiger charge is -2.12. The zero-order valence-electron chi connectivity index (χ0n) is 8.88. The highest BCUT2D eigenvalue weighted by Crippen LogP contribution is 2.21. The Labute approximate surface area is 94.9 Å². The molecule has 1 atom stereocenters. The molecule has 0 aliphatic heterocycles. The van der Waals surface area contributed by atoms with Crippen molar-refractivity contribution in [3.8, 4) is 0 Å². The smallest absolute Gasteiger partial charge is 0.115 e. The number of rotatable bonds is 2. The number of hydrogen-bond donors (Lipinski definition) is 2. The number of aliphatic hydroxyl groups is 2. The summed E-state index contributed by atoms with van der Waals surface area (Å²) >= 11 is 0. The average molecular weight is 214 g/mol. The van der Waals surface area contributed by atoms with Crippen LogP contribution >= 0.6 is 0 Å². The second-order valence-electron chi connectivity index (χ2n) is 3.86. The van der Waals surface area contributed by atoms with Crippen LogP contribution in [0.15, 0.2) is 60.1 Å². The molecule has 0 fully saturated rings. The molecule has 0 saturated heterocycles. The third-order valence-corrected chi connectivity index (χ3v) is 2.48. The molecule has 0 radical (unpaired) electrons. The Bertz CT molecular complexity index is 441. The molecule has 2 N–H and O–H groups in total. The van der Waals surface area contributed by atoms with E-state index in [2.05, 4.69) is 0 Å². The van der Waals surface area contributed by atoms with Crippen LogP contribution in [0.4, 0.5) is 0 Å². The van der Waals surface area contributed by atoms with Crippen LogP contribution in [0.1, 0.15) is 12.0 Å². The molecule has 0 bridgehead atoms. The minimum Gasteiger partial charge on any atom is -0.512 e. The molecule has 1 aromatic rings. The summed E-state index contributed by atoms with van der Waals surface area (Å²) in [5.41, 5.74) is 1.12. The Morgan fingerprint density at radius 3 is 2.56 bits per heavy atom. The summed E-state index contributed by atoms with van der Waals surface area (Å²) in [5.74, 6) is 0.416. The summed E-state index contributed by atoms with van der Waals surface area (Å²) in [4.78, 5) is 0. The van der Waals surface area contributed by atoms with Gasteiger partial charge in [-0.05, 0) is 11.6 Å². The minimum atomic E-state index is 0.0604. The van der Waals surface area contributed by atoms with Gasteiger partial charge >= 0.3 is 0 Å². The van der Waals surface area contributed by atoms with Crippen LogP contribution < -0.4 is 0 Å². The quantitative estimate of drug-likeness (QED) is 0.789. The maximum Gasteiger partial charge on any atom is 0.115 e. The SMILES string of the molecule is OC1=CC(C=Cc2ccccc2)CC(O)=C1. The maximum atomic E-state index is 9.37. The summed E-state index contributed by atoms with van der Waals surface area (Å²) in [7, 11) is 0. The van der Waals surface area contributed by atoms with Gasteiger partial charge in [-0.2, -0.15) is 0 Å². The molecule has 0 aromatic heterocycles. The normalized spacial score (nSPS) is 20.6. The largest absolute Gasteiger partial charge is 0.512 e. The molecular formula is C14H14O2. The van der Waals surface area contributed by atoms with Gasteiger partial charge in [0.1, 0.15) is 5.76 Å². The van der Waals surface area contributed by atoms with Crippen molar-refractivity contribution in [2.45, 2.75) is 6.42 Å². The van der Waals surface area contributed by atoms with Crippen molar-refractivity contribution >= 4 is 6.08 Å². The van der Waals surface area contributed by atoms with E-state index >= 15 is 0 Å². The summed E-state index contributed by atoms with van der Waals surface area (Å²) in [6.45, 7) is 0. The Kier molecular flexibility index (Phi) is 3.10. The second kappa shape index (κ2) is 4.71. The van der Waals surface area contributed by atoms with Crippen molar-refractivity contribution in [1.29, 1.82) is 0 Å². The molecule has 16 heavy (non-hydrogen) atoms. The lowest BCUT2D eigenvalue weighted by molar-refractivity contribution is 0.351. The van der Waals surface area contributed by atoms with E-state index in [9.17, 15) is 10.2 Å². The first-order valence-electron chi connectivity index (χ1n) is 5.27. The first kappa shape index (κ1) is 10.6. The first-order chi connectivity index (χ1) is 7.74. The molecule has 0 spiro atoms. The van der Waals surface area contributed by atoms with Gasteiger partial charge in [-0.3, -0.25) is 0 Å². The summed E-state index contributed by atoms with van der Waals surface area (Å²) in [5, 5.41) is 18.7. The summed E-state index contributed by atoms with van der Waals surface area (Å²) in [6.07, 6.45) is 7.64. The minimum absolute atomic E-state index is 0.0604. The van der Waals surface area contributed by atoms with Crippen molar-refractivity contribution < 1.29 is 10.2 Å². The van der Waals surface area contributed by atoms with Crippen LogP contribution in [-0.2, 0) is 0 Å². The molecule has 2 nitrogen and oxygen atoms in total. The average Bonchev–Trinajstić information content (AvgIpc) is 2.27. The predicted octanol–water partition coefficient (Wildman–Crippen LogP) is 3.60. The second-order valence-corrected chi connectivity index (χ2v) is 3.86. The molecular weight excluding hydrogens is 200 g/mol. The Morgan fingerprint density at radius 2 is 1.88 bits per heavy atom. The van der Waals surface area contributed by atoms with E-state index in [-0.39, 0.29) is 17.4 Å². The van der Waals surface area contributed by atoms with E-state index < -0.39 is 0 Å². The zero-order chi connectivity index (χ0) is 11.4. The van der Waals surface area contributed by atoms with Crippen LogP contribution in [0.2, 0.25) is 0 Å². The third-order valence-electron chi connectivity index (χ3n) is 2.48. The predicted molar refractivity (Wildman–Crippen MR) is 65.0 cm³/mol. The molecule has 2 rings (SSSR count). The van der Waals surface area contributed by atoms with Gasteiger partial charge < -0.3 is 10.2 Å². The third kappa shape index (κ3) is 2.76. The Hall–Kier alpha value is -1.96. The van der Waals surface area contributed by atoms with E-state index in [1.54, 1.807) is 6.08 Å². The fourth-order valence-corrected chi connectivity index (χ4v) is 1.72. The lowest BCUT2D eigenvalue weighted by Crippen LogP contribution is -2.01. The van der Waals surface area contributed by atoms with Crippen molar-refractivity contribution in [1.82, 2.24) is 0 Å². The van der Waals surface area contributed by atoms with E-state index in [1.807, 2.05) is 42.5 Å². The van der Waals surface area contributed by atoms with Gasteiger partial charge in [0.05, 0.1) is 5.76 Å². The summed E-state index contributed by atoms with van der Waals surface area (Å²) in [6, 6.07) is 9.95. The van der Waals surface area contributed by atoms with Gasteiger partial charge in [0, 0.05) is 18.4 Å². The molecule has 2 heteroatoms. The fraction of sp³-hybridized carbons (Fsp3) is 0.143. The molecule has 0 amide bonds. The number of hydrogen-bond acceptors (Lipinski definition) is 2. The van der Waals surface area contributed by atoms with E-state index in [0.717, 1.165) is 5.56 Å². The number of benzene rings is 1. The number of allylic oxidation sites excluding steroid dienone is 4. The van der Waals surface area contributed by atoms with Gasteiger partial charge in [-0.25, -0.2) is 0 Å². The van der Waals surface area contributed by atoms with E-state index in [0.29, 0.717) is 6.42 Å². The summed E-state index contributed by atoms with van der Waals surface area (Å²) < 4.78 is 0. The van der Waals surface area contributed by atoms with Gasteiger partial charge in [0.15, 0.2) is 0 Å². The topological polar surface area (TPSA) is 40.5 Å². The van der Waals surface area contributed by atoms with Crippen LogP contribution in [0, 0.1) is 5.92 Å². The van der Waals surface area contributed by atoms with E-state index in [1.165, 1.54) is 6.08 Å². The molecule has 0 heterocycles. The van der Waals surface area contributed by atoms with Crippen molar-refractivity contribution in [3.05, 3.63) is 65.6 Å². The molecule has 0 saturated carbocycles. The van der Waals surface area contributed by atoms with Crippen LogP contribution in [0.5, 0.6) is 0 Å². The molecule has 1 unspecified atom stereocenters. The number of aliphatic hydroxyl groups excluding tert-OH is 2. The van der Waals surface area contributed by atoms with Gasteiger partial charge in [-0.15, -0.1) is 0 Å². The van der Waals surface area contributed by atoms with Crippen LogP contribution in [0.25, 0.3) is 6.08 Å². The maximum absolute atomic E-state index is 9.37. The van der Waals surface area contributed by atoms with Crippen molar-refractivity contribution in [2.75, 3.05) is 0 Å². The molecule has 1 aromatic carbocycles. The van der Waals surface area contributed by atoms with Gasteiger partial charge in [0.25, 0.3) is 0 Å². The van der Waals surface area contributed by atoms with Crippen molar-refractivity contribution in [2.24, 2.45) is 5.92 Å². The van der Waals surface area contributed by atoms with Crippen LogP contribution in [-0.4, -0.2) is 10.2 Å². The van der Waals surface area contributed by atoms with E-state index in [4.69, 9.17) is 0 Å². The van der Waals surface area contributed by atoms with Crippen LogP contribution in [0.3, 0.4) is 0 Å². The molecule has 1 aliphatic carbocycles. The Balaban J connectivity index is 2.07. The highest BCUT2D eigenvalue weighted by atomic mass is 16.3. The highest BCUT2D eigenvalue weighted by Gasteiger charge is 2.11. The Morgan fingerprint density at radius 1 is 1.12 bits per heavy atom. The molecule has 1 aliphatic rings. The zero-order valence-corrected chi connectivity index (χ0v) is 8.88. The highest BCUT2D eigenvalue weighted by molar-refractivity contribution is 5.49. The van der Waals surface area contributed by atoms with Gasteiger partial charge in [0.2, 0.25) is 0 Å². The fourth-order valence-electron chi connectivity index (χ4n) is 1.72. The molecule has 82 valence electrons. The lowest BCUT2D eigenvalue weighted by atomic mass is 9.97. The standard InChI is InChI=1S/C14H14O2/c15-13-8-12(9-14(16)10-13)7-6-11-4-2-1-3-5-11/h1-8,10,12,15-16H,9H2. The van der Waals surface area contributed by atoms with Gasteiger partial charge in [-0.1, -0.05) is 42.5 Å². The first-order valence-corrected chi connectivity index (χ1v) is 5.27.